The van der Waals surface area contributed by atoms with Crippen molar-refractivity contribution >= 4 is 0 Å². The van der Waals surface area contributed by atoms with E-state index in [-0.39, 0.29) is 6.61 Å². The normalized spacial score (nSPS) is 10.5. The van der Waals surface area contributed by atoms with Crippen LogP contribution >= 0.6 is 0 Å². The van der Waals surface area contributed by atoms with Gasteiger partial charge in [0.1, 0.15) is 30.5 Å². The first-order valence-corrected chi connectivity index (χ1v) is 5.72. The smallest absolute Gasteiger partial charge is 0.146 e. The van der Waals surface area contributed by atoms with Crippen LogP contribution in [0, 0.1) is 0 Å². The van der Waals surface area contributed by atoms with Crippen LogP contribution in [0.3, 0.4) is 0 Å². The Labute approximate surface area is 101 Å². The SMILES string of the molecule is CCc1ccccc1OCc1ccc(CO)o1. The van der Waals surface area contributed by atoms with Gasteiger partial charge in [0.15, 0.2) is 0 Å². The molecule has 2 rings (SSSR count). The number of aliphatic hydroxyl groups excluding tert-OH is 1. The molecule has 90 valence electrons. The van der Waals surface area contributed by atoms with E-state index in [1.54, 1.807) is 6.07 Å². The largest absolute Gasteiger partial charge is 0.485 e. The zero-order valence-corrected chi connectivity index (χ0v) is 9.85. The fourth-order valence-electron chi connectivity index (χ4n) is 1.67. The van der Waals surface area contributed by atoms with Crippen molar-refractivity contribution in [3.63, 3.8) is 0 Å². The second-order valence-electron chi connectivity index (χ2n) is 3.78. The molecule has 0 saturated heterocycles. The van der Waals surface area contributed by atoms with E-state index in [1.165, 1.54) is 5.56 Å². The summed E-state index contributed by atoms with van der Waals surface area (Å²) in [7, 11) is 0. The molecule has 0 saturated carbocycles. The molecule has 0 bridgehead atoms. The number of aliphatic hydroxyl groups is 1. The Morgan fingerprint density at radius 2 is 1.88 bits per heavy atom. The van der Waals surface area contributed by atoms with Gasteiger partial charge >= 0.3 is 0 Å². The molecule has 0 amide bonds. The first-order chi connectivity index (χ1) is 8.33. The Morgan fingerprint density at radius 3 is 2.59 bits per heavy atom. The average molecular weight is 232 g/mol. The van der Waals surface area contributed by atoms with Gasteiger partial charge in [0.2, 0.25) is 0 Å². The maximum atomic E-state index is 8.88. The minimum Gasteiger partial charge on any atom is -0.485 e. The first kappa shape index (κ1) is 11.7. The third-order valence-corrected chi connectivity index (χ3v) is 2.60. The summed E-state index contributed by atoms with van der Waals surface area (Å²) in [5.74, 6) is 2.17. The van der Waals surface area contributed by atoms with E-state index < -0.39 is 0 Å². The highest BCUT2D eigenvalue weighted by Crippen LogP contribution is 2.20. The summed E-state index contributed by atoms with van der Waals surface area (Å²) < 4.78 is 11.0. The molecule has 0 aliphatic rings. The average Bonchev–Trinajstić information content (AvgIpc) is 2.84. The van der Waals surface area contributed by atoms with E-state index in [2.05, 4.69) is 13.0 Å². The van der Waals surface area contributed by atoms with Crippen LogP contribution in [0.15, 0.2) is 40.8 Å². The van der Waals surface area contributed by atoms with Crippen LogP contribution in [0.4, 0.5) is 0 Å². The van der Waals surface area contributed by atoms with Crippen molar-refractivity contribution in [3.05, 3.63) is 53.5 Å². The van der Waals surface area contributed by atoms with Gasteiger partial charge in [0.25, 0.3) is 0 Å². The van der Waals surface area contributed by atoms with Crippen LogP contribution in [0.25, 0.3) is 0 Å². The fraction of sp³-hybridized carbons (Fsp3) is 0.286. The number of hydrogen-bond donors (Lipinski definition) is 1. The highest BCUT2D eigenvalue weighted by molar-refractivity contribution is 5.33. The molecule has 17 heavy (non-hydrogen) atoms. The molecule has 2 aromatic rings. The van der Waals surface area contributed by atoms with E-state index in [1.807, 2.05) is 24.3 Å². The molecule has 0 aliphatic heterocycles. The minimum atomic E-state index is -0.0778. The van der Waals surface area contributed by atoms with E-state index in [0.29, 0.717) is 12.4 Å². The quantitative estimate of drug-likeness (QED) is 0.861. The number of ether oxygens (including phenoxy) is 1. The van der Waals surface area contributed by atoms with Crippen LogP contribution < -0.4 is 4.74 Å². The van der Waals surface area contributed by atoms with E-state index in [9.17, 15) is 0 Å². The Hall–Kier alpha value is -1.74. The predicted octanol–water partition coefficient (Wildman–Crippen LogP) is 2.91. The van der Waals surface area contributed by atoms with Gasteiger partial charge in [-0.2, -0.15) is 0 Å². The summed E-state index contributed by atoms with van der Waals surface area (Å²) in [6, 6.07) is 11.5. The molecule has 1 aromatic carbocycles. The Balaban J connectivity index is 2.01. The van der Waals surface area contributed by atoms with Crippen LogP contribution in [0.1, 0.15) is 24.0 Å². The maximum absolute atomic E-state index is 8.88. The van der Waals surface area contributed by atoms with E-state index in [0.717, 1.165) is 17.9 Å². The molecular formula is C14H16O3. The number of benzene rings is 1. The van der Waals surface area contributed by atoms with Crippen molar-refractivity contribution in [1.82, 2.24) is 0 Å². The molecule has 0 radical (unpaired) electrons. The molecule has 3 heteroatoms. The van der Waals surface area contributed by atoms with Gasteiger partial charge in [0.05, 0.1) is 0 Å². The lowest BCUT2D eigenvalue weighted by Crippen LogP contribution is -1.96. The molecule has 0 atom stereocenters. The first-order valence-electron chi connectivity index (χ1n) is 5.72. The van der Waals surface area contributed by atoms with Crippen molar-refractivity contribution in [2.24, 2.45) is 0 Å². The van der Waals surface area contributed by atoms with Crippen LogP contribution in [-0.4, -0.2) is 5.11 Å². The molecule has 1 N–H and O–H groups in total. The fourth-order valence-corrected chi connectivity index (χ4v) is 1.67. The third kappa shape index (κ3) is 2.88. The summed E-state index contributed by atoms with van der Waals surface area (Å²) in [6.45, 7) is 2.40. The summed E-state index contributed by atoms with van der Waals surface area (Å²) >= 11 is 0. The van der Waals surface area contributed by atoms with Gasteiger partial charge in [-0.25, -0.2) is 0 Å². The second-order valence-corrected chi connectivity index (χ2v) is 3.78. The summed E-state index contributed by atoms with van der Waals surface area (Å²) in [5, 5.41) is 8.88. The standard InChI is InChI=1S/C14H16O3/c1-2-11-5-3-4-6-14(11)16-10-13-8-7-12(9-15)17-13/h3-8,15H,2,9-10H2,1H3. The molecule has 0 fully saturated rings. The molecule has 3 nitrogen and oxygen atoms in total. The van der Waals surface area contributed by atoms with Crippen LogP contribution in [0.5, 0.6) is 5.75 Å². The predicted molar refractivity (Wildman–Crippen MR) is 64.8 cm³/mol. The zero-order chi connectivity index (χ0) is 12.1. The second kappa shape index (κ2) is 5.55. The molecule has 1 heterocycles. The maximum Gasteiger partial charge on any atom is 0.146 e. The van der Waals surface area contributed by atoms with Crippen LogP contribution in [-0.2, 0) is 19.6 Å². The minimum absolute atomic E-state index is 0.0778. The Bertz CT molecular complexity index is 474. The highest BCUT2D eigenvalue weighted by Gasteiger charge is 2.04. The molecule has 0 aliphatic carbocycles. The lowest BCUT2D eigenvalue weighted by molar-refractivity contribution is 0.224. The molecular weight excluding hydrogens is 216 g/mol. The number of para-hydroxylation sites is 1. The number of aryl methyl sites for hydroxylation is 1. The summed E-state index contributed by atoms with van der Waals surface area (Å²) in [4.78, 5) is 0. The van der Waals surface area contributed by atoms with Gasteiger partial charge in [0, 0.05) is 0 Å². The van der Waals surface area contributed by atoms with Crippen molar-refractivity contribution in [2.45, 2.75) is 26.6 Å². The van der Waals surface area contributed by atoms with E-state index in [4.69, 9.17) is 14.3 Å². The van der Waals surface area contributed by atoms with Crippen LogP contribution in [0.2, 0.25) is 0 Å². The van der Waals surface area contributed by atoms with Gasteiger partial charge < -0.3 is 14.3 Å². The topological polar surface area (TPSA) is 42.6 Å². The van der Waals surface area contributed by atoms with Crippen molar-refractivity contribution in [2.75, 3.05) is 0 Å². The zero-order valence-electron chi connectivity index (χ0n) is 9.85. The Kier molecular flexibility index (Phi) is 3.83. The third-order valence-electron chi connectivity index (χ3n) is 2.60. The van der Waals surface area contributed by atoms with Crippen molar-refractivity contribution in [3.8, 4) is 5.75 Å². The van der Waals surface area contributed by atoms with Crippen molar-refractivity contribution < 1.29 is 14.3 Å². The van der Waals surface area contributed by atoms with Gasteiger partial charge in [-0.1, -0.05) is 25.1 Å². The number of hydrogen-bond acceptors (Lipinski definition) is 3. The molecule has 0 unspecified atom stereocenters. The monoisotopic (exact) mass is 232 g/mol. The summed E-state index contributed by atoms with van der Waals surface area (Å²) in [5.41, 5.74) is 1.18. The lowest BCUT2D eigenvalue weighted by atomic mass is 10.1. The summed E-state index contributed by atoms with van der Waals surface area (Å²) in [6.07, 6.45) is 0.941. The lowest BCUT2D eigenvalue weighted by Gasteiger charge is -2.08. The highest BCUT2D eigenvalue weighted by atomic mass is 16.5. The Morgan fingerprint density at radius 1 is 1.12 bits per heavy atom. The van der Waals surface area contributed by atoms with Gasteiger partial charge in [-0.05, 0) is 30.2 Å². The number of rotatable bonds is 5. The van der Waals surface area contributed by atoms with Gasteiger partial charge in [-0.3, -0.25) is 0 Å². The molecule has 0 spiro atoms. The van der Waals surface area contributed by atoms with Crippen molar-refractivity contribution in [1.29, 1.82) is 0 Å². The number of furan rings is 1. The van der Waals surface area contributed by atoms with Gasteiger partial charge in [-0.15, -0.1) is 0 Å². The van der Waals surface area contributed by atoms with E-state index >= 15 is 0 Å². The molecule has 1 aromatic heterocycles.